The van der Waals surface area contributed by atoms with Crippen molar-refractivity contribution in [2.24, 2.45) is 0 Å². The molecule has 4 amide bonds. The predicted octanol–water partition coefficient (Wildman–Crippen LogP) is 5.96. The Bertz CT molecular complexity index is 1340. The van der Waals surface area contributed by atoms with E-state index < -0.39 is 17.8 Å². The summed E-state index contributed by atoms with van der Waals surface area (Å²) in [5.41, 5.74) is 3.40. The Balaban J connectivity index is 1.68. The molecule has 1 heterocycles. The summed E-state index contributed by atoms with van der Waals surface area (Å²) in [5.74, 6) is -0.995. The lowest BCUT2D eigenvalue weighted by Gasteiger charge is -2.27. The average Bonchev–Trinajstić information content (AvgIpc) is 2.78. The van der Waals surface area contributed by atoms with Crippen LogP contribution in [0.5, 0.6) is 5.75 Å². The number of hydrogen-bond donors (Lipinski definition) is 1. The zero-order valence-electron chi connectivity index (χ0n) is 18.4. The number of aryl methyl sites for hydroxylation is 2. The molecule has 4 rings (SSSR count). The van der Waals surface area contributed by atoms with E-state index in [9.17, 15) is 14.4 Å². The van der Waals surface area contributed by atoms with Gasteiger partial charge in [0, 0.05) is 15.1 Å². The third-order valence-electron chi connectivity index (χ3n) is 5.27. The van der Waals surface area contributed by atoms with Crippen LogP contribution in [0.2, 0.25) is 5.02 Å². The number of urea groups is 1. The van der Waals surface area contributed by atoms with Crippen LogP contribution in [0.15, 0.2) is 70.7 Å². The fourth-order valence-electron chi connectivity index (χ4n) is 3.59. The second-order valence-electron chi connectivity index (χ2n) is 7.85. The van der Waals surface area contributed by atoms with E-state index in [-0.39, 0.29) is 12.2 Å². The molecule has 0 atom stereocenters. The number of nitrogens with one attached hydrogen (secondary N) is 1. The summed E-state index contributed by atoms with van der Waals surface area (Å²) in [6.45, 7) is 3.99. The molecule has 0 aromatic heterocycles. The monoisotopic (exact) mass is 538 g/mol. The highest BCUT2D eigenvalue weighted by atomic mass is 79.9. The smallest absolute Gasteiger partial charge is 0.335 e. The Morgan fingerprint density at radius 1 is 1.00 bits per heavy atom. The topological polar surface area (TPSA) is 75.7 Å². The van der Waals surface area contributed by atoms with Gasteiger partial charge in [0.2, 0.25) is 0 Å². The molecular formula is C26H20BrClN2O4. The summed E-state index contributed by atoms with van der Waals surface area (Å²) in [5, 5.41) is 2.89. The van der Waals surface area contributed by atoms with Crippen LogP contribution in [0, 0.1) is 13.8 Å². The number of halogens is 2. The standard InChI is InChI=1S/C26H20BrClN2O4/c1-15-3-9-22(16(2)11-15)30-25(32)21(24(31)29-26(30)33)13-18-12-19(27)6-10-23(18)34-14-17-4-7-20(28)8-5-17/h3-13H,14H2,1-2H3,(H,29,31,33)/b21-13+. The zero-order valence-corrected chi connectivity index (χ0v) is 20.7. The van der Waals surface area contributed by atoms with Crippen LogP contribution in [-0.4, -0.2) is 17.8 Å². The number of hydrogen-bond acceptors (Lipinski definition) is 4. The van der Waals surface area contributed by atoms with Crippen LogP contribution in [0.3, 0.4) is 0 Å². The quantitative estimate of drug-likeness (QED) is 0.320. The molecular weight excluding hydrogens is 520 g/mol. The Morgan fingerprint density at radius 2 is 1.74 bits per heavy atom. The van der Waals surface area contributed by atoms with E-state index in [4.69, 9.17) is 16.3 Å². The van der Waals surface area contributed by atoms with Crippen molar-refractivity contribution in [3.8, 4) is 5.75 Å². The molecule has 0 bridgehead atoms. The number of carbonyl (C=O) groups excluding carboxylic acids is 3. The number of carbonyl (C=O) groups is 3. The molecule has 0 radical (unpaired) electrons. The summed E-state index contributed by atoms with van der Waals surface area (Å²) < 4.78 is 6.70. The minimum atomic E-state index is -0.785. The Kier molecular flexibility index (Phi) is 6.86. The van der Waals surface area contributed by atoms with Crippen molar-refractivity contribution in [2.75, 3.05) is 4.90 Å². The molecule has 1 N–H and O–H groups in total. The van der Waals surface area contributed by atoms with E-state index in [1.54, 1.807) is 49.4 Å². The Labute approximate surface area is 210 Å². The number of nitrogens with zero attached hydrogens (tertiary/aromatic N) is 1. The Morgan fingerprint density at radius 3 is 2.44 bits per heavy atom. The van der Waals surface area contributed by atoms with Gasteiger partial charge in [-0.2, -0.15) is 0 Å². The summed E-state index contributed by atoms with van der Waals surface area (Å²) in [4.78, 5) is 39.5. The highest BCUT2D eigenvalue weighted by Gasteiger charge is 2.37. The zero-order chi connectivity index (χ0) is 24.4. The molecule has 1 aliphatic heterocycles. The number of amides is 4. The molecule has 0 spiro atoms. The summed E-state index contributed by atoms with van der Waals surface area (Å²) in [6, 6.07) is 17.1. The second kappa shape index (κ2) is 9.83. The van der Waals surface area contributed by atoms with Crippen LogP contribution in [0.1, 0.15) is 22.3 Å². The number of ether oxygens (including phenoxy) is 1. The molecule has 3 aromatic carbocycles. The molecule has 8 heteroatoms. The first kappa shape index (κ1) is 23.7. The molecule has 0 unspecified atom stereocenters. The molecule has 3 aromatic rings. The summed E-state index contributed by atoms with van der Waals surface area (Å²) >= 11 is 9.36. The first-order chi connectivity index (χ1) is 16.2. The molecule has 172 valence electrons. The lowest BCUT2D eigenvalue weighted by molar-refractivity contribution is -0.122. The van der Waals surface area contributed by atoms with Gasteiger partial charge in [0.15, 0.2) is 0 Å². The van der Waals surface area contributed by atoms with Crippen LogP contribution >= 0.6 is 27.5 Å². The molecule has 34 heavy (non-hydrogen) atoms. The summed E-state index contributed by atoms with van der Waals surface area (Å²) in [7, 11) is 0. The number of benzene rings is 3. The van der Waals surface area contributed by atoms with Crippen LogP contribution in [-0.2, 0) is 16.2 Å². The van der Waals surface area contributed by atoms with Crippen molar-refractivity contribution in [1.82, 2.24) is 5.32 Å². The first-order valence-corrected chi connectivity index (χ1v) is 11.6. The fraction of sp³-hybridized carbons (Fsp3) is 0.115. The lowest BCUT2D eigenvalue weighted by atomic mass is 10.0. The molecule has 0 saturated carbocycles. The minimum absolute atomic E-state index is 0.172. The van der Waals surface area contributed by atoms with Gasteiger partial charge in [-0.15, -0.1) is 0 Å². The van der Waals surface area contributed by atoms with Crippen molar-refractivity contribution in [3.63, 3.8) is 0 Å². The van der Waals surface area contributed by atoms with Crippen molar-refractivity contribution < 1.29 is 19.1 Å². The predicted molar refractivity (Wildman–Crippen MR) is 135 cm³/mol. The maximum atomic E-state index is 13.3. The molecule has 1 aliphatic rings. The van der Waals surface area contributed by atoms with Gasteiger partial charge in [-0.1, -0.05) is 57.4 Å². The number of imide groups is 2. The van der Waals surface area contributed by atoms with Crippen LogP contribution in [0.25, 0.3) is 6.08 Å². The van der Waals surface area contributed by atoms with Gasteiger partial charge in [-0.05, 0) is 67.4 Å². The fourth-order valence-corrected chi connectivity index (χ4v) is 4.10. The molecule has 1 fully saturated rings. The lowest BCUT2D eigenvalue weighted by Crippen LogP contribution is -2.54. The third kappa shape index (κ3) is 5.05. The van der Waals surface area contributed by atoms with E-state index in [1.165, 1.54) is 6.08 Å². The van der Waals surface area contributed by atoms with Crippen molar-refractivity contribution in [1.29, 1.82) is 0 Å². The number of barbiturate groups is 1. The van der Waals surface area contributed by atoms with Crippen molar-refractivity contribution >= 4 is 57.1 Å². The highest BCUT2D eigenvalue weighted by molar-refractivity contribution is 9.10. The first-order valence-electron chi connectivity index (χ1n) is 10.4. The third-order valence-corrected chi connectivity index (χ3v) is 6.02. The van der Waals surface area contributed by atoms with Crippen LogP contribution < -0.4 is 15.0 Å². The molecule has 1 saturated heterocycles. The molecule has 0 aliphatic carbocycles. The van der Waals surface area contributed by atoms with Crippen LogP contribution in [0.4, 0.5) is 10.5 Å². The van der Waals surface area contributed by atoms with Gasteiger partial charge in [0.25, 0.3) is 11.8 Å². The molecule has 6 nitrogen and oxygen atoms in total. The average molecular weight is 540 g/mol. The largest absolute Gasteiger partial charge is 0.488 e. The van der Waals surface area contributed by atoms with Gasteiger partial charge in [-0.25, -0.2) is 9.69 Å². The second-order valence-corrected chi connectivity index (χ2v) is 9.20. The SMILES string of the molecule is Cc1ccc(N2C(=O)NC(=O)/C(=C\c3cc(Br)ccc3OCc3ccc(Cl)cc3)C2=O)c(C)c1. The van der Waals surface area contributed by atoms with Gasteiger partial charge < -0.3 is 4.74 Å². The minimum Gasteiger partial charge on any atom is -0.488 e. The maximum Gasteiger partial charge on any atom is 0.335 e. The van der Waals surface area contributed by atoms with Gasteiger partial charge in [0.1, 0.15) is 17.9 Å². The van der Waals surface area contributed by atoms with E-state index >= 15 is 0 Å². The number of rotatable bonds is 5. The van der Waals surface area contributed by atoms with Crippen molar-refractivity contribution in [2.45, 2.75) is 20.5 Å². The van der Waals surface area contributed by atoms with Gasteiger partial charge >= 0.3 is 6.03 Å². The van der Waals surface area contributed by atoms with E-state index in [0.29, 0.717) is 22.0 Å². The van der Waals surface area contributed by atoms with Crippen molar-refractivity contribution in [3.05, 3.63) is 98.0 Å². The number of anilines is 1. The van der Waals surface area contributed by atoms with Gasteiger partial charge in [-0.3, -0.25) is 14.9 Å². The van der Waals surface area contributed by atoms with E-state index in [2.05, 4.69) is 21.2 Å². The van der Waals surface area contributed by atoms with E-state index in [1.807, 2.05) is 25.1 Å². The Hall–Kier alpha value is -3.42. The maximum absolute atomic E-state index is 13.3. The normalized spacial score (nSPS) is 15.0. The van der Waals surface area contributed by atoms with Gasteiger partial charge in [0.05, 0.1) is 5.69 Å². The summed E-state index contributed by atoms with van der Waals surface area (Å²) in [6.07, 6.45) is 1.43. The van der Waals surface area contributed by atoms with E-state index in [0.717, 1.165) is 26.1 Å². The highest BCUT2D eigenvalue weighted by Crippen LogP contribution is 2.30.